The predicted octanol–water partition coefficient (Wildman–Crippen LogP) is 1.39. The van der Waals surface area contributed by atoms with Crippen molar-refractivity contribution in [3.63, 3.8) is 0 Å². The molecule has 2 aliphatic rings. The first kappa shape index (κ1) is 14.5. The van der Waals surface area contributed by atoms with Crippen molar-refractivity contribution >= 4 is 11.6 Å². The fourth-order valence-corrected chi connectivity index (χ4v) is 3.74. The highest BCUT2D eigenvalue weighted by atomic mass is 15.3. The van der Waals surface area contributed by atoms with Gasteiger partial charge in [0.1, 0.15) is 18.0 Å². The molecule has 6 nitrogen and oxygen atoms in total. The number of nitrogen functional groups attached to an aromatic ring is 1. The Bertz CT molecular complexity index is 491. The van der Waals surface area contributed by atoms with E-state index in [1.54, 1.807) is 6.33 Å². The van der Waals surface area contributed by atoms with Gasteiger partial charge in [-0.25, -0.2) is 15.8 Å². The molecule has 0 amide bonds. The summed E-state index contributed by atoms with van der Waals surface area (Å²) in [5, 5.41) is 0. The molecule has 3 N–H and O–H groups in total. The molecule has 0 spiro atoms. The van der Waals surface area contributed by atoms with Crippen LogP contribution in [0.5, 0.6) is 0 Å². The summed E-state index contributed by atoms with van der Waals surface area (Å²) < 4.78 is 0. The summed E-state index contributed by atoms with van der Waals surface area (Å²) in [6.07, 6.45) is 6.27. The van der Waals surface area contributed by atoms with Crippen LogP contribution in [0.1, 0.15) is 38.7 Å². The van der Waals surface area contributed by atoms with Crippen LogP contribution in [0.15, 0.2) is 6.33 Å². The van der Waals surface area contributed by atoms with Crippen LogP contribution in [-0.2, 0) is 6.42 Å². The Morgan fingerprint density at radius 3 is 3.00 bits per heavy atom. The standard InChI is InChI=1S/C15H26N6/c1-3-5-13-14(19-16)17-10-18-15(13)21-9-12-6-4-7-20(12)8-11(21)2/h10-12H,3-9,16H2,1-2H3,(H,17,18,19). The molecule has 1 aromatic rings. The maximum absolute atomic E-state index is 5.63. The lowest BCUT2D eigenvalue weighted by Gasteiger charge is -2.43. The number of nitrogens with zero attached hydrogens (tertiary/aromatic N) is 4. The number of hydrogen-bond acceptors (Lipinski definition) is 6. The van der Waals surface area contributed by atoms with E-state index in [9.17, 15) is 0 Å². The number of hydrazine groups is 1. The highest BCUT2D eigenvalue weighted by Crippen LogP contribution is 2.31. The van der Waals surface area contributed by atoms with Crippen LogP contribution in [0.4, 0.5) is 11.6 Å². The van der Waals surface area contributed by atoms with Gasteiger partial charge in [0.05, 0.1) is 0 Å². The van der Waals surface area contributed by atoms with Gasteiger partial charge in [0.2, 0.25) is 0 Å². The zero-order valence-electron chi connectivity index (χ0n) is 13.0. The quantitative estimate of drug-likeness (QED) is 0.645. The van der Waals surface area contributed by atoms with Gasteiger partial charge in [0, 0.05) is 30.7 Å². The molecule has 3 heterocycles. The third-order valence-electron chi connectivity index (χ3n) is 4.77. The topological polar surface area (TPSA) is 70.3 Å². The summed E-state index contributed by atoms with van der Waals surface area (Å²) in [5.74, 6) is 7.47. The SMILES string of the molecule is CCCc1c(NN)ncnc1N1CC2CCCN2CC1C. The number of piperazine rings is 1. The van der Waals surface area contributed by atoms with Crippen molar-refractivity contribution in [1.29, 1.82) is 0 Å². The van der Waals surface area contributed by atoms with Gasteiger partial charge in [0.15, 0.2) is 0 Å². The predicted molar refractivity (Wildman–Crippen MR) is 85.2 cm³/mol. The minimum atomic E-state index is 0.482. The number of anilines is 2. The Balaban J connectivity index is 1.91. The van der Waals surface area contributed by atoms with Gasteiger partial charge in [-0.1, -0.05) is 13.3 Å². The number of nitrogens with two attached hydrogens (primary N) is 1. The lowest BCUT2D eigenvalue weighted by atomic mass is 10.1. The molecule has 0 bridgehead atoms. The summed E-state index contributed by atoms with van der Waals surface area (Å²) in [6, 6.07) is 1.16. The van der Waals surface area contributed by atoms with Crippen LogP contribution in [0.25, 0.3) is 0 Å². The van der Waals surface area contributed by atoms with E-state index in [0.717, 1.165) is 43.1 Å². The van der Waals surface area contributed by atoms with E-state index in [1.165, 1.54) is 19.4 Å². The molecule has 0 aromatic carbocycles. The molecule has 0 saturated carbocycles. The van der Waals surface area contributed by atoms with Crippen LogP contribution in [-0.4, -0.2) is 46.6 Å². The summed E-state index contributed by atoms with van der Waals surface area (Å²) >= 11 is 0. The van der Waals surface area contributed by atoms with Crippen LogP contribution in [0, 0.1) is 0 Å². The molecule has 1 aromatic heterocycles. The van der Waals surface area contributed by atoms with Gasteiger partial charge in [-0.3, -0.25) is 4.90 Å². The van der Waals surface area contributed by atoms with E-state index in [2.05, 4.69) is 39.0 Å². The van der Waals surface area contributed by atoms with E-state index in [1.807, 2.05) is 0 Å². The maximum atomic E-state index is 5.63. The molecule has 116 valence electrons. The molecule has 0 aliphatic carbocycles. The molecule has 0 radical (unpaired) electrons. The highest BCUT2D eigenvalue weighted by molar-refractivity contribution is 5.59. The summed E-state index contributed by atoms with van der Waals surface area (Å²) in [6.45, 7) is 7.92. The zero-order chi connectivity index (χ0) is 14.8. The zero-order valence-corrected chi connectivity index (χ0v) is 13.0. The first-order valence-corrected chi connectivity index (χ1v) is 8.05. The van der Waals surface area contributed by atoms with Gasteiger partial charge in [-0.05, 0) is 32.7 Å². The molecule has 2 atom stereocenters. The number of fused-ring (bicyclic) bond motifs is 1. The van der Waals surface area contributed by atoms with Gasteiger partial charge < -0.3 is 10.3 Å². The Labute approximate surface area is 126 Å². The lowest BCUT2D eigenvalue weighted by molar-refractivity contribution is 0.202. The van der Waals surface area contributed by atoms with E-state index >= 15 is 0 Å². The molecule has 2 aliphatic heterocycles. The molecule has 2 fully saturated rings. The maximum Gasteiger partial charge on any atom is 0.148 e. The second-order valence-corrected chi connectivity index (χ2v) is 6.21. The Hall–Kier alpha value is -1.40. The molecular formula is C15H26N6. The minimum Gasteiger partial charge on any atom is -0.351 e. The first-order chi connectivity index (χ1) is 10.2. The smallest absolute Gasteiger partial charge is 0.148 e. The molecule has 2 unspecified atom stereocenters. The summed E-state index contributed by atoms with van der Waals surface area (Å²) in [4.78, 5) is 14.0. The van der Waals surface area contributed by atoms with Crippen LogP contribution >= 0.6 is 0 Å². The average Bonchev–Trinajstić information content (AvgIpc) is 2.94. The lowest BCUT2D eigenvalue weighted by Crippen LogP contribution is -2.55. The third-order valence-corrected chi connectivity index (χ3v) is 4.77. The number of aromatic nitrogens is 2. The van der Waals surface area contributed by atoms with Crippen molar-refractivity contribution in [2.75, 3.05) is 30.0 Å². The van der Waals surface area contributed by atoms with Crippen molar-refractivity contribution in [1.82, 2.24) is 14.9 Å². The number of nitrogens with one attached hydrogen (secondary N) is 1. The highest BCUT2D eigenvalue weighted by Gasteiger charge is 2.35. The largest absolute Gasteiger partial charge is 0.351 e. The molecule has 2 saturated heterocycles. The van der Waals surface area contributed by atoms with Crippen molar-refractivity contribution in [2.24, 2.45) is 5.84 Å². The number of hydrogen-bond donors (Lipinski definition) is 2. The molecule has 3 rings (SSSR count). The first-order valence-electron chi connectivity index (χ1n) is 8.05. The van der Waals surface area contributed by atoms with Crippen molar-refractivity contribution in [3.05, 3.63) is 11.9 Å². The average molecular weight is 290 g/mol. The second-order valence-electron chi connectivity index (χ2n) is 6.21. The van der Waals surface area contributed by atoms with Crippen LogP contribution in [0.2, 0.25) is 0 Å². The van der Waals surface area contributed by atoms with Crippen LogP contribution in [0.3, 0.4) is 0 Å². The van der Waals surface area contributed by atoms with E-state index < -0.39 is 0 Å². The fourth-order valence-electron chi connectivity index (χ4n) is 3.74. The van der Waals surface area contributed by atoms with Crippen molar-refractivity contribution < 1.29 is 0 Å². The van der Waals surface area contributed by atoms with Gasteiger partial charge in [-0.15, -0.1) is 0 Å². The molecule has 6 heteroatoms. The fraction of sp³-hybridized carbons (Fsp3) is 0.733. The van der Waals surface area contributed by atoms with E-state index in [4.69, 9.17) is 5.84 Å². The Morgan fingerprint density at radius 1 is 1.38 bits per heavy atom. The molecular weight excluding hydrogens is 264 g/mol. The minimum absolute atomic E-state index is 0.482. The van der Waals surface area contributed by atoms with E-state index in [0.29, 0.717) is 12.1 Å². The summed E-state index contributed by atoms with van der Waals surface area (Å²) in [5.41, 5.74) is 3.89. The van der Waals surface area contributed by atoms with Crippen LogP contribution < -0.4 is 16.2 Å². The number of rotatable bonds is 4. The van der Waals surface area contributed by atoms with Gasteiger partial charge >= 0.3 is 0 Å². The Morgan fingerprint density at radius 2 is 2.24 bits per heavy atom. The normalized spacial score (nSPS) is 26.0. The van der Waals surface area contributed by atoms with Gasteiger partial charge in [0.25, 0.3) is 0 Å². The Kier molecular flexibility index (Phi) is 4.26. The van der Waals surface area contributed by atoms with Crippen molar-refractivity contribution in [3.8, 4) is 0 Å². The van der Waals surface area contributed by atoms with Crippen molar-refractivity contribution in [2.45, 2.75) is 51.6 Å². The second kappa shape index (κ2) is 6.15. The third kappa shape index (κ3) is 2.70. The van der Waals surface area contributed by atoms with E-state index in [-0.39, 0.29) is 0 Å². The monoisotopic (exact) mass is 290 g/mol. The molecule has 21 heavy (non-hydrogen) atoms. The summed E-state index contributed by atoms with van der Waals surface area (Å²) in [7, 11) is 0. The van der Waals surface area contributed by atoms with Gasteiger partial charge in [-0.2, -0.15) is 0 Å².